The van der Waals surface area contributed by atoms with Gasteiger partial charge < -0.3 is 5.32 Å². The van der Waals surface area contributed by atoms with Crippen molar-refractivity contribution in [3.63, 3.8) is 0 Å². The number of benzene rings is 2. The highest BCUT2D eigenvalue weighted by Crippen LogP contribution is 2.35. The van der Waals surface area contributed by atoms with Crippen LogP contribution in [0.5, 0.6) is 0 Å². The second kappa shape index (κ2) is 7.92. The molecule has 1 heterocycles. The molecule has 3 nitrogen and oxygen atoms in total. The Kier molecular flexibility index (Phi) is 5.63. The van der Waals surface area contributed by atoms with Crippen LogP contribution in [0.25, 0.3) is 11.3 Å². The molecular formula is C18H13F3N2OS2. The summed E-state index contributed by atoms with van der Waals surface area (Å²) in [4.78, 5) is 16.5. The molecular weight excluding hydrogens is 381 g/mol. The Labute approximate surface area is 156 Å². The van der Waals surface area contributed by atoms with Crippen LogP contribution in [-0.2, 0) is 11.0 Å². The summed E-state index contributed by atoms with van der Waals surface area (Å²) < 4.78 is 39.5. The van der Waals surface area contributed by atoms with Gasteiger partial charge in [0.15, 0.2) is 4.34 Å². The average Bonchev–Trinajstić information content (AvgIpc) is 3.09. The number of amides is 1. The van der Waals surface area contributed by atoms with Gasteiger partial charge in [-0.2, -0.15) is 13.2 Å². The topological polar surface area (TPSA) is 42.0 Å². The van der Waals surface area contributed by atoms with Gasteiger partial charge in [-0.15, -0.1) is 11.3 Å². The number of carbonyl (C=O) groups is 1. The van der Waals surface area contributed by atoms with Crippen LogP contribution in [0.1, 0.15) is 5.56 Å². The number of thioether (sulfide) groups is 1. The fourth-order valence-corrected chi connectivity index (χ4v) is 3.85. The number of rotatable bonds is 5. The summed E-state index contributed by atoms with van der Waals surface area (Å²) in [5, 5.41) is 4.21. The first-order valence-corrected chi connectivity index (χ1v) is 9.40. The van der Waals surface area contributed by atoms with E-state index in [1.807, 2.05) is 35.7 Å². The van der Waals surface area contributed by atoms with Crippen LogP contribution < -0.4 is 5.32 Å². The molecule has 0 radical (unpaired) electrons. The monoisotopic (exact) mass is 394 g/mol. The molecule has 0 aliphatic rings. The number of nitrogens with zero attached hydrogens (tertiary/aromatic N) is 1. The lowest BCUT2D eigenvalue weighted by atomic mass is 10.1. The predicted octanol–water partition coefficient (Wildman–Crippen LogP) is 5.56. The van der Waals surface area contributed by atoms with Crippen LogP contribution in [-0.4, -0.2) is 16.6 Å². The van der Waals surface area contributed by atoms with Crippen molar-refractivity contribution >= 4 is 34.7 Å². The fraction of sp³-hybridized carbons (Fsp3) is 0.111. The summed E-state index contributed by atoms with van der Waals surface area (Å²) in [6, 6.07) is 14.5. The van der Waals surface area contributed by atoms with Gasteiger partial charge in [0.25, 0.3) is 0 Å². The number of hydrogen-bond acceptors (Lipinski definition) is 4. The van der Waals surface area contributed by atoms with Crippen LogP contribution in [0, 0.1) is 0 Å². The minimum Gasteiger partial charge on any atom is -0.325 e. The van der Waals surface area contributed by atoms with Gasteiger partial charge in [0.05, 0.1) is 22.7 Å². The summed E-state index contributed by atoms with van der Waals surface area (Å²) in [6.45, 7) is 0. The summed E-state index contributed by atoms with van der Waals surface area (Å²) in [6.07, 6.45) is -4.52. The zero-order chi connectivity index (χ0) is 18.6. The molecule has 1 amide bonds. The molecule has 0 unspecified atom stereocenters. The van der Waals surface area contributed by atoms with E-state index in [1.54, 1.807) is 0 Å². The molecule has 3 aromatic rings. The Hall–Kier alpha value is -2.32. The first-order valence-electron chi connectivity index (χ1n) is 7.53. The largest absolute Gasteiger partial charge is 0.418 e. The lowest BCUT2D eigenvalue weighted by Gasteiger charge is -2.13. The summed E-state index contributed by atoms with van der Waals surface area (Å²) in [7, 11) is 0. The number of aromatic nitrogens is 1. The molecule has 0 bridgehead atoms. The van der Waals surface area contributed by atoms with E-state index in [2.05, 4.69) is 10.3 Å². The van der Waals surface area contributed by atoms with Crippen LogP contribution in [0.15, 0.2) is 64.3 Å². The van der Waals surface area contributed by atoms with Crippen molar-refractivity contribution in [2.75, 3.05) is 11.1 Å². The highest BCUT2D eigenvalue weighted by atomic mass is 32.2. The lowest BCUT2D eigenvalue weighted by molar-refractivity contribution is -0.137. The van der Waals surface area contributed by atoms with Crippen molar-refractivity contribution in [2.45, 2.75) is 10.5 Å². The standard InChI is InChI=1S/C18H13F3N2OS2/c19-18(20,21)13-8-4-5-9-14(13)22-16(24)11-26-17-23-15(10-25-17)12-6-2-1-3-7-12/h1-10H,11H2,(H,22,24). The van der Waals surface area contributed by atoms with Gasteiger partial charge in [-0.25, -0.2) is 4.98 Å². The predicted molar refractivity (Wildman–Crippen MR) is 98.3 cm³/mol. The van der Waals surface area contributed by atoms with Crippen molar-refractivity contribution in [1.82, 2.24) is 4.98 Å². The van der Waals surface area contributed by atoms with Gasteiger partial charge in [-0.1, -0.05) is 54.2 Å². The quantitative estimate of drug-likeness (QED) is 0.576. The molecule has 0 fully saturated rings. The van der Waals surface area contributed by atoms with E-state index in [9.17, 15) is 18.0 Å². The molecule has 8 heteroatoms. The van der Waals surface area contributed by atoms with Crippen molar-refractivity contribution in [2.24, 2.45) is 0 Å². The number of carbonyl (C=O) groups excluding carboxylic acids is 1. The van der Waals surface area contributed by atoms with Crippen LogP contribution in [0.3, 0.4) is 0 Å². The third kappa shape index (κ3) is 4.64. The summed E-state index contributed by atoms with van der Waals surface area (Å²) >= 11 is 2.58. The van der Waals surface area contributed by atoms with E-state index in [0.29, 0.717) is 4.34 Å². The third-order valence-electron chi connectivity index (χ3n) is 3.39. The molecule has 1 N–H and O–H groups in total. The molecule has 0 saturated carbocycles. The maximum atomic E-state index is 12.9. The number of halogens is 3. The van der Waals surface area contributed by atoms with Gasteiger partial charge in [0.2, 0.25) is 5.91 Å². The van der Waals surface area contributed by atoms with Gasteiger partial charge in [0, 0.05) is 10.9 Å². The first-order chi connectivity index (χ1) is 12.4. The Morgan fingerprint density at radius 1 is 1.08 bits per heavy atom. The first kappa shape index (κ1) is 18.5. The normalized spacial score (nSPS) is 11.3. The van der Waals surface area contributed by atoms with Gasteiger partial charge in [-0.3, -0.25) is 4.79 Å². The summed E-state index contributed by atoms with van der Waals surface area (Å²) in [5.41, 5.74) is 0.675. The highest BCUT2D eigenvalue weighted by Gasteiger charge is 2.33. The molecule has 0 spiro atoms. The van der Waals surface area contributed by atoms with Crippen molar-refractivity contribution in [3.8, 4) is 11.3 Å². The zero-order valence-electron chi connectivity index (χ0n) is 13.3. The minimum atomic E-state index is -4.52. The van der Waals surface area contributed by atoms with E-state index in [0.717, 1.165) is 17.3 Å². The Bertz CT molecular complexity index is 895. The number of alkyl halides is 3. The van der Waals surface area contributed by atoms with Gasteiger partial charge >= 0.3 is 6.18 Å². The average molecular weight is 394 g/mol. The summed E-state index contributed by atoms with van der Waals surface area (Å²) in [5.74, 6) is -0.531. The molecule has 0 saturated heterocycles. The number of anilines is 1. The molecule has 134 valence electrons. The molecule has 1 aromatic heterocycles. The van der Waals surface area contributed by atoms with Crippen LogP contribution in [0.2, 0.25) is 0 Å². The fourth-order valence-electron chi connectivity index (χ4n) is 2.22. The molecule has 0 atom stereocenters. The Morgan fingerprint density at radius 3 is 2.50 bits per heavy atom. The second-order valence-electron chi connectivity index (χ2n) is 5.24. The van der Waals surface area contributed by atoms with E-state index in [1.165, 1.54) is 41.3 Å². The lowest BCUT2D eigenvalue weighted by Crippen LogP contribution is -2.18. The van der Waals surface area contributed by atoms with Crippen LogP contribution in [0.4, 0.5) is 18.9 Å². The zero-order valence-corrected chi connectivity index (χ0v) is 14.9. The molecule has 0 aliphatic heterocycles. The molecule has 26 heavy (non-hydrogen) atoms. The number of nitrogens with one attached hydrogen (secondary N) is 1. The maximum absolute atomic E-state index is 12.9. The van der Waals surface area contributed by atoms with Crippen molar-refractivity contribution in [1.29, 1.82) is 0 Å². The number of para-hydroxylation sites is 1. The van der Waals surface area contributed by atoms with E-state index in [-0.39, 0.29) is 11.4 Å². The smallest absolute Gasteiger partial charge is 0.325 e. The second-order valence-corrected chi connectivity index (χ2v) is 7.33. The Balaban J connectivity index is 1.61. The minimum absolute atomic E-state index is 0.0199. The van der Waals surface area contributed by atoms with E-state index in [4.69, 9.17) is 0 Å². The molecule has 2 aromatic carbocycles. The van der Waals surface area contributed by atoms with Gasteiger partial charge in [0.1, 0.15) is 0 Å². The molecule has 0 aliphatic carbocycles. The van der Waals surface area contributed by atoms with Crippen molar-refractivity contribution < 1.29 is 18.0 Å². The van der Waals surface area contributed by atoms with Crippen LogP contribution >= 0.6 is 23.1 Å². The van der Waals surface area contributed by atoms with E-state index >= 15 is 0 Å². The third-order valence-corrected chi connectivity index (χ3v) is 5.41. The number of hydrogen-bond donors (Lipinski definition) is 1. The molecule has 3 rings (SSSR count). The highest BCUT2D eigenvalue weighted by molar-refractivity contribution is 8.01. The van der Waals surface area contributed by atoms with Crippen molar-refractivity contribution in [3.05, 3.63) is 65.5 Å². The van der Waals surface area contributed by atoms with Gasteiger partial charge in [-0.05, 0) is 12.1 Å². The number of thiazole rings is 1. The SMILES string of the molecule is O=C(CSc1nc(-c2ccccc2)cs1)Nc1ccccc1C(F)(F)F. The maximum Gasteiger partial charge on any atom is 0.418 e. The Morgan fingerprint density at radius 2 is 1.77 bits per heavy atom. The van der Waals surface area contributed by atoms with E-state index < -0.39 is 17.6 Å².